The Balaban J connectivity index is 2.81. The third-order valence-electron chi connectivity index (χ3n) is 2.28. The molecular formula is C11H16N4O. The van der Waals surface area contributed by atoms with Crippen molar-refractivity contribution in [2.45, 2.75) is 19.9 Å². The van der Waals surface area contributed by atoms with Crippen LogP contribution in [0.15, 0.2) is 12.4 Å². The summed E-state index contributed by atoms with van der Waals surface area (Å²) in [5.74, 6) is 0.897. The number of nitrogens with one attached hydrogen (secondary N) is 1. The standard InChI is InChI=1S/C11H16N4O/c1-8(2)10(7-16-3)15-11-9(6-12)13-4-5-14-11/h4-5,8,10H,7H2,1-3H3,(H,14,15). The zero-order chi connectivity index (χ0) is 12.0. The van der Waals surface area contributed by atoms with Crippen molar-refractivity contribution in [1.82, 2.24) is 9.97 Å². The van der Waals surface area contributed by atoms with E-state index in [2.05, 4.69) is 29.1 Å². The van der Waals surface area contributed by atoms with Crippen molar-refractivity contribution in [2.24, 2.45) is 5.92 Å². The quantitative estimate of drug-likeness (QED) is 0.812. The van der Waals surface area contributed by atoms with Gasteiger partial charge in [-0.1, -0.05) is 13.8 Å². The number of nitrogens with zero attached hydrogens (tertiary/aromatic N) is 3. The molecule has 0 aromatic carbocycles. The van der Waals surface area contributed by atoms with Gasteiger partial charge in [0.05, 0.1) is 12.6 Å². The number of nitriles is 1. The molecule has 0 saturated carbocycles. The average Bonchev–Trinajstić information content (AvgIpc) is 2.29. The van der Waals surface area contributed by atoms with Gasteiger partial charge in [0.15, 0.2) is 11.5 Å². The molecule has 0 saturated heterocycles. The number of anilines is 1. The van der Waals surface area contributed by atoms with Crippen LogP contribution in [0.4, 0.5) is 5.82 Å². The van der Waals surface area contributed by atoms with E-state index in [0.29, 0.717) is 24.0 Å². The second-order valence-corrected chi connectivity index (χ2v) is 3.82. The Morgan fingerprint density at radius 1 is 1.44 bits per heavy atom. The summed E-state index contributed by atoms with van der Waals surface area (Å²) in [5, 5.41) is 12.1. The lowest BCUT2D eigenvalue weighted by molar-refractivity contribution is 0.171. The van der Waals surface area contributed by atoms with E-state index in [1.165, 1.54) is 6.20 Å². The van der Waals surface area contributed by atoms with Crippen molar-refractivity contribution in [3.05, 3.63) is 18.1 Å². The van der Waals surface area contributed by atoms with Crippen molar-refractivity contribution in [3.63, 3.8) is 0 Å². The fraction of sp³-hybridized carbons (Fsp3) is 0.545. The van der Waals surface area contributed by atoms with Crippen LogP contribution in [-0.4, -0.2) is 29.7 Å². The molecule has 16 heavy (non-hydrogen) atoms. The minimum Gasteiger partial charge on any atom is -0.383 e. The SMILES string of the molecule is COCC(Nc1nccnc1C#N)C(C)C. The Bertz CT molecular complexity index is 372. The van der Waals surface area contributed by atoms with Gasteiger partial charge in [0.1, 0.15) is 6.07 Å². The molecule has 1 rings (SSSR count). The van der Waals surface area contributed by atoms with Crippen molar-refractivity contribution in [1.29, 1.82) is 5.26 Å². The Labute approximate surface area is 95.5 Å². The van der Waals surface area contributed by atoms with Crippen LogP contribution in [0.5, 0.6) is 0 Å². The highest BCUT2D eigenvalue weighted by atomic mass is 16.5. The normalized spacial score (nSPS) is 12.2. The zero-order valence-corrected chi connectivity index (χ0v) is 9.77. The molecule has 1 aromatic heterocycles. The number of rotatable bonds is 5. The molecule has 1 unspecified atom stereocenters. The van der Waals surface area contributed by atoms with Gasteiger partial charge in [0.2, 0.25) is 0 Å². The van der Waals surface area contributed by atoms with Gasteiger partial charge in [-0.25, -0.2) is 9.97 Å². The first kappa shape index (κ1) is 12.4. The van der Waals surface area contributed by atoms with Crippen LogP contribution in [-0.2, 0) is 4.74 Å². The molecule has 0 fully saturated rings. The maximum atomic E-state index is 8.88. The van der Waals surface area contributed by atoms with Crippen LogP contribution in [0, 0.1) is 17.2 Å². The molecule has 1 heterocycles. The largest absolute Gasteiger partial charge is 0.383 e. The number of hydrogen-bond donors (Lipinski definition) is 1. The molecule has 0 aliphatic heterocycles. The first-order chi connectivity index (χ1) is 7.69. The van der Waals surface area contributed by atoms with Crippen LogP contribution in [0.3, 0.4) is 0 Å². The van der Waals surface area contributed by atoms with Crippen LogP contribution in [0.1, 0.15) is 19.5 Å². The summed E-state index contributed by atoms with van der Waals surface area (Å²) in [6.07, 6.45) is 3.07. The lowest BCUT2D eigenvalue weighted by atomic mass is 10.1. The first-order valence-corrected chi connectivity index (χ1v) is 5.15. The highest BCUT2D eigenvalue weighted by Gasteiger charge is 2.15. The smallest absolute Gasteiger partial charge is 0.182 e. The number of aromatic nitrogens is 2. The molecule has 0 aliphatic carbocycles. The number of hydrogen-bond acceptors (Lipinski definition) is 5. The van der Waals surface area contributed by atoms with Gasteiger partial charge in [0.25, 0.3) is 0 Å². The van der Waals surface area contributed by atoms with Gasteiger partial charge in [-0.15, -0.1) is 0 Å². The third kappa shape index (κ3) is 3.17. The molecule has 1 atom stereocenters. The summed E-state index contributed by atoms with van der Waals surface area (Å²) in [6.45, 7) is 4.73. The molecule has 0 aliphatic rings. The van der Waals surface area contributed by atoms with Gasteiger partial charge >= 0.3 is 0 Å². The average molecular weight is 220 g/mol. The van der Waals surface area contributed by atoms with Crippen molar-refractivity contribution in [2.75, 3.05) is 19.0 Å². The Hall–Kier alpha value is -1.67. The molecule has 0 radical (unpaired) electrons. The lowest BCUT2D eigenvalue weighted by Gasteiger charge is -2.22. The predicted molar refractivity (Wildman–Crippen MR) is 60.9 cm³/mol. The van der Waals surface area contributed by atoms with Gasteiger partial charge in [-0.2, -0.15) is 5.26 Å². The molecule has 1 N–H and O–H groups in total. The summed E-state index contributed by atoms with van der Waals surface area (Å²) >= 11 is 0. The summed E-state index contributed by atoms with van der Waals surface area (Å²) in [6, 6.07) is 2.12. The number of ether oxygens (including phenoxy) is 1. The van der Waals surface area contributed by atoms with E-state index < -0.39 is 0 Å². The second kappa shape index (κ2) is 6.03. The van der Waals surface area contributed by atoms with Gasteiger partial charge in [0, 0.05) is 19.5 Å². The highest BCUT2D eigenvalue weighted by Crippen LogP contribution is 2.12. The van der Waals surface area contributed by atoms with Crippen LogP contribution < -0.4 is 5.32 Å². The Morgan fingerprint density at radius 2 is 2.12 bits per heavy atom. The number of methoxy groups -OCH3 is 1. The Kier molecular flexibility index (Phi) is 4.67. The van der Waals surface area contributed by atoms with E-state index in [-0.39, 0.29) is 6.04 Å². The third-order valence-corrected chi connectivity index (χ3v) is 2.28. The van der Waals surface area contributed by atoms with Crippen molar-refractivity contribution >= 4 is 5.82 Å². The lowest BCUT2D eigenvalue weighted by Crippen LogP contribution is -2.31. The molecular weight excluding hydrogens is 204 g/mol. The summed E-state index contributed by atoms with van der Waals surface area (Å²) in [5.41, 5.74) is 0.309. The maximum Gasteiger partial charge on any atom is 0.182 e. The maximum absolute atomic E-state index is 8.88. The molecule has 5 heteroatoms. The molecule has 86 valence electrons. The van der Waals surface area contributed by atoms with Crippen LogP contribution in [0.2, 0.25) is 0 Å². The second-order valence-electron chi connectivity index (χ2n) is 3.82. The molecule has 0 bridgehead atoms. The topological polar surface area (TPSA) is 70.8 Å². The van der Waals surface area contributed by atoms with Gasteiger partial charge in [-0.05, 0) is 5.92 Å². The zero-order valence-electron chi connectivity index (χ0n) is 9.77. The Morgan fingerprint density at radius 3 is 2.69 bits per heavy atom. The predicted octanol–water partition coefficient (Wildman–Crippen LogP) is 1.43. The summed E-state index contributed by atoms with van der Waals surface area (Å²) in [4.78, 5) is 8.05. The molecule has 0 spiro atoms. The fourth-order valence-electron chi connectivity index (χ4n) is 1.28. The minimum atomic E-state index is 0.119. The summed E-state index contributed by atoms with van der Waals surface area (Å²) < 4.78 is 5.12. The molecule has 1 aromatic rings. The van der Waals surface area contributed by atoms with Crippen LogP contribution in [0.25, 0.3) is 0 Å². The van der Waals surface area contributed by atoms with E-state index >= 15 is 0 Å². The first-order valence-electron chi connectivity index (χ1n) is 5.15. The molecule has 5 nitrogen and oxygen atoms in total. The fourth-order valence-corrected chi connectivity index (χ4v) is 1.28. The van der Waals surface area contributed by atoms with E-state index in [4.69, 9.17) is 10.00 Å². The summed E-state index contributed by atoms with van der Waals surface area (Å²) in [7, 11) is 1.65. The monoisotopic (exact) mass is 220 g/mol. The highest BCUT2D eigenvalue weighted by molar-refractivity contribution is 5.47. The minimum absolute atomic E-state index is 0.119. The van der Waals surface area contributed by atoms with Gasteiger partial charge < -0.3 is 10.1 Å². The van der Waals surface area contributed by atoms with Crippen LogP contribution >= 0.6 is 0 Å². The van der Waals surface area contributed by atoms with E-state index in [1.807, 2.05) is 6.07 Å². The van der Waals surface area contributed by atoms with E-state index in [0.717, 1.165) is 0 Å². The van der Waals surface area contributed by atoms with E-state index in [9.17, 15) is 0 Å². The van der Waals surface area contributed by atoms with Gasteiger partial charge in [-0.3, -0.25) is 0 Å². The molecule has 0 amide bonds. The van der Waals surface area contributed by atoms with Crippen molar-refractivity contribution < 1.29 is 4.74 Å². The van der Waals surface area contributed by atoms with Crippen molar-refractivity contribution in [3.8, 4) is 6.07 Å². The van der Waals surface area contributed by atoms with E-state index in [1.54, 1.807) is 13.3 Å².